The maximum absolute atomic E-state index is 12.4. The number of hydrogen-bond acceptors (Lipinski definition) is 4. The fourth-order valence-electron chi connectivity index (χ4n) is 5.18. The summed E-state index contributed by atoms with van der Waals surface area (Å²) in [6.07, 6.45) is 5.49. The second-order valence-electron chi connectivity index (χ2n) is 9.14. The smallest absolute Gasteiger partial charge is 0.319 e. The highest BCUT2D eigenvalue weighted by atomic mass is 16.3. The van der Waals surface area contributed by atoms with Crippen LogP contribution in [-0.4, -0.2) is 64.0 Å². The lowest BCUT2D eigenvalue weighted by molar-refractivity contribution is 0.0913. The second-order valence-corrected chi connectivity index (χ2v) is 9.14. The van der Waals surface area contributed by atoms with E-state index in [0.29, 0.717) is 6.04 Å². The summed E-state index contributed by atoms with van der Waals surface area (Å²) in [5, 5.41) is 0. The molecule has 1 saturated heterocycles. The lowest BCUT2D eigenvalue weighted by Crippen LogP contribution is -2.54. The Bertz CT molecular complexity index is 860. The number of amides is 2. The lowest BCUT2D eigenvalue weighted by atomic mass is 9.72. The number of hydrogen-bond donors (Lipinski definition) is 0. The first-order valence-electron chi connectivity index (χ1n) is 10.6. The number of fused-ring (bicyclic) bond motifs is 2. The van der Waals surface area contributed by atoms with E-state index in [9.17, 15) is 4.79 Å². The number of nitrogens with zero attached hydrogens (tertiary/aromatic N) is 5. The molecule has 2 aromatic rings. The van der Waals surface area contributed by atoms with E-state index < -0.39 is 0 Å². The van der Waals surface area contributed by atoms with Crippen LogP contribution in [0.25, 0.3) is 0 Å². The summed E-state index contributed by atoms with van der Waals surface area (Å²) in [6.45, 7) is 10.9. The number of urea groups is 1. The van der Waals surface area contributed by atoms with Gasteiger partial charge in [-0.05, 0) is 39.7 Å². The van der Waals surface area contributed by atoms with E-state index in [1.165, 1.54) is 17.0 Å². The zero-order chi connectivity index (χ0) is 20.8. The molecule has 1 spiro atoms. The van der Waals surface area contributed by atoms with Gasteiger partial charge < -0.3 is 18.8 Å². The van der Waals surface area contributed by atoms with Crippen molar-refractivity contribution in [1.82, 2.24) is 24.3 Å². The molecule has 2 aliphatic heterocycles. The molecule has 0 aromatic carbocycles. The van der Waals surface area contributed by atoms with Gasteiger partial charge in [-0.25, -0.2) is 9.78 Å². The highest BCUT2D eigenvalue weighted by Gasteiger charge is 2.46. The van der Waals surface area contributed by atoms with Crippen LogP contribution in [0.3, 0.4) is 0 Å². The van der Waals surface area contributed by atoms with E-state index in [0.717, 1.165) is 51.4 Å². The summed E-state index contributed by atoms with van der Waals surface area (Å²) in [5.41, 5.74) is 3.82. The molecule has 0 radical (unpaired) electrons. The average molecular weight is 400 g/mol. The molecule has 7 heteroatoms. The van der Waals surface area contributed by atoms with Crippen molar-refractivity contribution >= 4 is 6.03 Å². The minimum absolute atomic E-state index is 0.00527. The largest absolute Gasteiger partial charge is 0.472 e. The molecule has 1 fully saturated rings. The number of aryl methyl sites for hydroxylation is 1. The molecule has 158 valence electrons. The third-order valence-corrected chi connectivity index (χ3v) is 6.46. The van der Waals surface area contributed by atoms with E-state index >= 15 is 0 Å². The van der Waals surface area contributed by atoms with Crippen molar-refractivity contribution in [3.8, 4) is 0 Å². The maximum Gasteiger partial charge on any atom is 0.319 e. The average Bonchev–Trinajstić information content (AvgIpc) is 3.29. The van der Waals surface area contributed by atoms with E-state index in [-0.39, 0.29) is 11.4 Å². The van der Waals surface area contributed by atoms with Gasteiger partial charge >= 0.3 is 6.03 Å². The van der Waals surface area contributed by atoms with Gasteiger partial charge in [-0.15, -0.1) is 0 Å². The molecule has 0 unspecified atom stereocenters. The zero-order valence-corrected chi connectivity index (χ0v) is 18.3. The molecule has 4 heterocycles. The van der Waals surface area contributed by atoms with E-state index in [2.05, 4.69) is 30.2 Å². The summed E-state index contributed by atoms with van der Waals surface area (Å²) in [6, 6.07) is 2.54. The Labute approximate surface area is 173 Å². The first kappa shape index (κ1) is 20.0. The number of imidazole rings is 1. The topological polar surface area (TPSA) is 57.8 Å². The van der Waals surface area contributed by atoms with Gasteiger partial charge in [-0.3, -0.25) is 4.90 Å². The molecule has 29 heavy (non-hydrogen) atoms. The molecule has 7 nitrogen and oxygen atoms in total. The molecule has 0 aliphatic carbocycles. The van der Waals surface area contributed by atoms with Crippen molar-refractivity contribution < 1.29 is 9.21 Å². The van der Waals surface area contributed by atoms with Gasteiger partial charge in [0.25, 0.3) is 0 Å². The van der Waals surface area contributed by atoms with Crippen molar-refractivity contribution in [2.75, 3.05) is 33.7 Å². The Hall–Kier alpha value is -2.28. The predicted molar refractivity (Wildman–Crippen MR) is 112 cm³/mol. The van der Waals surface area contributed by atoms with Gasteiger partial charge in [-0.1, -0.05) is 0 Å². The highest BCUT2D eigenvalue weighted by molar-refractivity contribution is 5.74. The molecule has 0 N–H and O–H groups in total. The number of carbonyl (C=O) groups excluding carboxylic acids is 1. The van der Waals surface area contributed by atoms with Gasteiger partial charge in [0.15, 0.2) is 0 Å². The van der Waals surface area contributed by atoms with Crippen LogP contribution >= 0.6 is 0 Å². The van der Waals surface area contributed by atoms with E-state index in [1.54, 1.807) is 11.2 Å². The minimum Gasteiger partial charge on any atom is -0.472 e. The van der Waals surface area contributed by atoms with Gasteiger partial charge in [-0.2, -0.15) is 0 Å². The SMILES string of the molecule is Cc1nc2c(n1C(C)C)CN(Cc1ccoc1)CC21CCN(C(=O)N(C)C)CC1. The number of aromatic nitrogens is 2. The minimum atomic E-state index is 0.00527. The Balaban J connectivity index is 1.66. The molecule has 2 aliphatic rings. The van der Waals surface area contributed by atoms with Gasteiger partial charge in [0.05, 0.1) is 23.9 Å². The Morgan fingerprint density at radius 3 is 2.62 bits per heavy atom. The summed E-state index contributed by atoms with van der Waals surface area (Å²) in [7, 11) is 3.65. The fourth-order valence-corrected chi connectivity index (χ4v) is 5.18. The van der Waals surface area contributed by atoms with Crippen LogP contribution in [0.1, 0.15) is 55.5 Å². The fraction of sp³-hybridized carbons (Fsp3) is 0.636. The monoisotopic (exact) mass is 399 g/mol. The van der Waals surface area contributed by atoms with Crippen LogP contribution in [0.5, 0.6) is 0 Å². The lowest BCUT2D eigenvalue weighted by Gasteiger charge is -2.47. The normalized spacial score (nSPS) is 19.0. The van der Waals surface area contributed by atoms with E-state index in [1.807, 2.05) is 31.3 Å². The number of rotatable bonds is 3. The van der Waals surface area contributed by atoms with Crippen molar-refractivity contribution in [3.05, 3.63) is 41.4 Å². The predicted octanol–water partition coefficient (Wildman–Crippen LogP) is 3.40. The first-order chi connectivity index (χ1) is 13.8. The molecule has 2 amide bonds. The van der Waals surface area contributed by atoms with Crippen LogP contribution < -0.4 is 0 Å². The number of carbonyl (C=O) groups is 1. The Morgan fingerprint density at radius 1 is 1.31 bits per heavy atom. The first-order valence-corrected chi connectivity index (χ1v) is 10.6. The van der Waals surface area contributed by atoms with E-state index in [4.69, 9.17) is 9.40 Å². The number of furan rings is 1. The molecule has 0 saturated carbocycles. The zero-order valence-electron chi connectivity index (χ0n) is 18.3. The van der Waals surface area contributed by atoms with Crippen molar-refractivity contribution in [2.45, 2.75) is 58.2 Å². The number of likely N-dealkylation sites (tertiary alicyclic amines) is 1. The summed E-state index contributed by atoms with van der Waals surface area (Å²) < 4.78 is 7.70. The van der Waals surface area contributed by atoms with Gasteiger partial charge in [0.1, 0.15) is 5.82 Å². The Morgan fingerprint density at radius 2 is 2.03 bits per heavy atom. The molecule has 2 aromatic heterocycles. The van der Waals surface area contributed by atoms with Crippen LogP contribution in [0, 0.1) is 6.92 Å². The third kappa shape index (κ3) is 3.56. The van der Waals surface area contributed by atoms with Gasteiger partial charge in [0, 0.05) is 63.8 Å². The van der Waals surface area contributed by atoms with Crippen molar-refractivity contribution in [2.24, 2.45) is 0 Å². The number of piperidine rings is 1. The molecular formula is C22H33N5O2. The summed E-state index contributed by atoms with van der Waals surface area (Å²) >= 11 is 0. The maximum atomic E-state index is 12.4. The molecule has 4 rings (SSSR count). The molecule has 0 bridgehead atoms. The van der Waals surface area contributed by atoms with Crippen LogP contribution in [0.15, 0.2) is 23.0 Å². The molecule has 0 atom stereocenters. The van der Waals surface area contributed by atoms with Crippen LogP contribution in [0.4, 0.5) is 4.79 Å². The quantitative estimate of drug-likeness (QED) is 0.794. The summed E-state index contributed by atoms with van der Waals surface area (Å²) in [5.74, 6) is 1.10. The van der Waals surface area contributed by atoms with Crippen LogP contribution in [0.2, 0.25) is 0 Å². The van der Waals surface area contributed by atoms with Gasteiger partial charge in [0.2, 0.25) is 0 Å². The second kappa shape index (κ2) is 7.52. The van der Waals surface area contributed by atoms with Crippen molar-refractivity contribution in [3.63, 3.8) is 0 Å². The Kier molecular flexibility index (Phi) is 5.19. The van der Waals surface area contributed by atoms with Crippen LogP contribution in [-0.2, 0) is 18.5 Å². The molecular weight excluding hydrogens is 366 g/mol. The standard InChI is InChI=1S/C22H33N5O2/c1-16(2)27-17(3)23-20-19(27)13-25(12-18-6-11-29-14-18)15-22(20)7-9-26(10-8-22)21(28)24(4)5/h6,11,14,16H,7-10,12-13,15H2,1-5H3. The highest BCUT2D eigenvalue weighted by Crippen LogP contribution is 2.42. The summed E-state index contributed by atoms with van der Waals surface area (Å²) in [4.78, 5) is 23.7. The van der Waals surface area contributed by atoms with Crippen molar-refractivity contribution in [1.29, 1.82) is 0 Å². The third-order valence-electron chi connectivity index (χ3n) is 6.46.